The topological polar surface area (TPSA) is 63.8 Å². The Kier molecular flexibility index (Phi) is 4.94. The molecule has 0 aliphatic rings. The molecule has 2 aromatic rings. The van der Waals surface area contributed by atoms with E-state index in [-0.39, 0.29) is 11.7 Å². The third-order valence-electron chi connectivity index (χ3n) is 2.48. The summed E-state index contributed by atoms with van der Waals surface area (Å²) in [5.41, 5.74) is 3.26. The van der Waals surface area contributed by atoms with Gasteiger partial charge in [0.2, 0.25) is 0 Å². The van der Waals surface area contributed by atoms with E-state index in [1.807, 2.05) is 24.3 Å². The summed E-state index contributed by atoms with van der Waals surface area (Å²) >= 11 is 0. The van der Waals surface area contributed by atoms with Crippen LogP contribution < -0.4 is 10.2 Å². The van der Waals surface area contributed by atoms with Crippen LogP contribution in [0.2, 0.25) is 0 Å². The van der Waals surface area contributed by atoms with Gasteiger partial charge in [-0.15, -0.1) is 0 Å². The van der Waals surface area contributed by atoms with Crippen molar-refractivity contribution in [1.29, 1.82) is 0 Å². The highest BCUT2D eigenvalue weighted by molar-refractivity contribution is 5.92. The monoisotopic (exact) mass is 272 g/mol. The summed E-state index contributed by atoms with van der Waals surface area (Å²) in [4.78, 5) is 11.5. The van der Waals surface area contributed by atoms with E-state index in [1.54, 1.807) is 18.3 Å². The van der Waals surface area contributed by atoms with Gasteiger partial charge >= 0.3 is 5.91 Å². The highest BCUT2D eigenvalue weighted by Gasteiger charge is 2.05. The Morgan fingerprint density at radius 3 is 2.80 bits per heavy atom. The standard InChI is InChI=1S/C15H16N2O3/c1-2-9-19-13-7-5-12(6-8-13)11-16-17-15(18)14-4-3-10-20-14/h3-8,10-11H,2,9H2,1H3,(H,17,18). The molecule has 1 aromatic carbocycles. The predicted molar refractivity (Wildman–Crippen MR) is 76.0 cm³/mol. The van der Waals surface area contributed by atoms with E-state index in [4.69, 9.17) is 9.15 Å². The first kappa shape index (κ1) is 13.9. The van der Waals surface area contributed by atoms with Crippen molar-refractivity contribution < 1.29 is 13.9 Å². The molecule has 0 saturated heterocycles. The van der Waals surface area contributed by atoms with Crippen molar-refractivity contribution in [3.8, 4) is 5.75 Å². The van der Waals surface area contributed by atoms with E-state index in [1.165, 1.54) is 6.26 Å². The number of rotatable bonds is 6. The summed E-state index contributed by atoms with van der Waals surface area (Å²) in [6, 6.07) is 10.7. The highest BCUT2D eigenvalue weighted by atomic mass is 16.5. The van der Waals surface area contributed by atoms with Crippen molar-refractivity contribution in [2.75, 3.05) is 6.61 Å². The number of hydrogen-bond acceptors (Lipinski definition) is 4. The number of carbonyl (C=O) groups excluding carboxylic acids is 1. The molecule has 0 spiro atoms. The van der Waals surface area contributed by atoms with Gasteiger partial charge in [0.05, 0.1) is 19.1 Å². The van der Waals surface area contributed by atoms with Crippen LogP contribution in [-0.2, 0) is 0 Å². The molecule has 1 N–H and O–H groups in total. The third kappa shape index (κ3) is 3.98. The summed E-state index contributed by atoms with van der Waals surface area (Å²) in [6.45, 7) is 2.76. The Morgan fingerprint density at radius 2 is 2.15 bits per heavy atom. The molecule has 0 unspecified atom stereocenters. The summed E-state index contributed by atoms with van der Waals surface area (Å²) in [7, 11) is 0. The van der Waals surface area contributed by atoms with Crippen molar-refractivity contribution in [3.63, 3.8) is 0 Å². The Balaban J connectivity index is 1.86. The number of hydrogen-bond donors (Lipinski definition) is 1. The molecular formula is C15H16N2O3. The molecule has 0 atom stereocenters. The number of nitrogens with zero attached hydrogens (tertiary/aromatic N) is 1. The second-order valence-electron chi connectivity index (χ2n) is 4.09. The zero-order valence-corrected chi connectivity index (χ0v) is 11.2. The smallest absolute Gasteiger partial charge is 0.307 e. The molecule has 5 heteroatoms. The number of hydrazone groups is 1. The first-order chi connectivity index (χ1) is 9.79. The zero-order valence-electron chi connectivity index (χ0n) is 11.2. The average molecular weight is 272 g/mol. The van der Waals surface area contributed by atoms with Crippen LogP contribution in [0.4, 0.5) is 0 Å². The van der Waals surface area contributed by atoms with Gasteiger partial charge in [0.25, 0.3) is 0 Å². The minimum Gasteiger partial charge on any atom is -0.494 e. The van der Waals surface area contributed by atoms with Crippen LogP contribution in [-0.4, -0.2) is 18.7 Å². The predicted octanol–water partition coefficient (Wildman–Crippen LogP) is 2.83. The van der Waals surface area contributed by atoms with Crippen LogP contribution in [0.15, 0.2) is 52.2 Å². The molecule has 0 radical (unpaired) electrons. The molecule has 2 rings (SSSR count). The van der Waals surface area contributed by atoms with Crippen LogP contribution in [0, 0.1) is 0 Å². The largest absolute Gasteiger partial charge is 0.494 e. The van der Waals surface area contributed by atoms with E-state index in [2.05, 4.69) is 17.5 Å². The molecule has 0 aliphatic heterocycles. The SMILES string of the molecule is CCCOc1ccc(C=NNC(=O)c2ccco2)cc1. The van der Waals surface area contributed by atoms with Crippen molar-refractivity contribution >= 4 is 12.1 Å². The molecule has 1 aromatic heterocycles. The highest BCUT2D eigenvalue weighted by Crippen LogP contribution is 2.11. The van der Waals surface area contributed by atoms with Crippen molar-refractivity contribution in [2.45, 2.75) is 13.3 Å². The lowest BCUT2D eigenvalue weighted by molar-refractivity contribution is 0.0927. The lowest BCUT2D eigenvalue weighted by Gasteiger charge is -2.03. The van der Waals surface area contributed by atoms with Crippen LogP contribution in [0.5, 0.6) is 5.75 Å². The molecule has 0 aliphatic carbocycles. The molecule has 104 valence electrons. The lowest BCUT2D eigenvalue weighted by atomic mass is 10.2. The van der Waals surface area contributed by atoms with E-state index in [9.17, 15) is 4.79 Å². The maximum Gasteiger partial charge on any atom is 0.307 e. The van der Waals surface area contributed by atoms with Gasteiger partial charge in [-0.3, -0.25) is 4.79 Å². The van der Waals surface area contributed by atoms with E-state index >= 15 is 0 Å². The van der Waals surface area contributed by atoms with Crippen molar-refractivity contribution in [3.05, 3.63) is 54.0 Å². The van der Waals surface area contributed by atoms with Gasteiger partial charge in [0.15, 0.2) is 5.76 Å². The molecule has 5 nitrogen and oxygen atoms in total. The summed E-state index contributed by atoms with van der Waals surface area (Å²) in [5, 5.41) is 3.86. The number of ether oxygens (including phenoxy) is 1. The van der Waals surface area contributed by atoms with Gasteiger partial charge in [-0.2, -0.15) is 5.10 Å². The van der Waals surface area contributed by atoms with Gasteiger partial charge in [-0.05, 0) is 48.4 Å². The zero-order chi connectivity index (χ0) is 14.2. The Labute approximate surface area is 117 Å². The average Bonchev–Trinajstić information content (AvgIpc) is 3.00. The van der Waals surface area contributed by atoms with Crippen molar-refractivity contribution in [1.82, 2.24) is 5.43 Å². The fourth-order valence-corrected chi connectivity index (χ4v) is 1.50. The minimum atomic E-state index is -0.380. The number of nitrogens with one attached hydrogen (secondary N) is 1. The lowest BCUT2D eigenvalue weighted by Crippen LogP contribution is -2.16. The first-order valence-corrected chi connectivity index (χ1v) is 6.39. The number of benzene rings is 1. The number of carbonyl (C=O) groups is 1. The molecule has 0 fully saturated rings. The van der Waals surface area contributed by atoms with Gasteiger partial charge in [-0.1, -0.05) is 6.92 Å². The van der Waals surface area contributed by atoms with Crippen LogP contribution in [0.3, 0.4) is 0 Å². The molecule has 1 heterocycles. The molecule has 20 heavy (non-hydrogen) atoms. The molecule has 0 bridgehead atoms. The summed E-state index contributed by atoms with van der Waals surface area (Å²) in [6.07, 6.45) is 3.97. The fraction of sp³-hybridized carbons (Fsp3) is 0.200. The normalized spacial score (nSPS) is 10.7. The Morgan fingerprint density at radius 1 is 1.35 bits per heavy atom. The molecular weight excluding hydrogens is 256 g/mol. The second kappa shape index (κ2) is 7.13. The van der Waals surface area contributed by atoms with Crippen molar-refractivity contribution in [2.24, 2.45) is 5.10 Å². The second-order valence-corrected chi connectivity index (χ2v) is 4.09. The minimum absolute atomic E-state index is 0.227. The number of furan rings is 1. The third-order valence-corrected chi connectivity index (χ3v) is 2.48. The van der Waals surface area contributed by atoms with E-state index in [0.29, 0.717) is 6.61 Å². The molecule has 1 amide bonds. The summed E-state index contributed by atoms with van der Waals surface area (Å²) < 4.78 is 10.4. The molecule has 0 saturated carbocycles. The first-order valence-electron chi connectivity index (χ1n) is 6.39. The Hall–Kier alpha value is -2.56. The summed E-state index contributed by atoms with van der Waals surface area (Å²) in [5.74, 6) is 0.670. The maximum absolute atomic E-state index is 11.5. The fourth-order valence-electron chi connectivity index (χ4n) is 1.50. The van der Waals surface area contributed by atoms with Crippen LogP contribution in [0.25, 0.3) is 0 Å². The Bertz CT molecular complexity index is 559. The van der Waals surface area contributed by atoms with Gasteiger partial charge in [-0.25, -0.2) is 5.43 Å². The van der Waals surface area contributed by atoms with Gasteiger partial charge in [0.1, 0.15) is 5.75 Å². The van der Waals surface area contributed by atoms with Crippen LogP contribution in [0.1, 0.15) is 29.5 Å². The van der Waals surface area contributed by atoms with E-state index < -0.39 is 0 Å². The quantitative estimate of drug-likeness (QED) is 0.649. The number of amides is 1. The van der Waals surface area contributed by atoms with Gasteiger partial charge in [0, 0.05) is 0 Å². The van der Waals surface area contributed by atoms with E-state index in [0.717, 1.165) is 17.7 Å². The van der Waals surface area contributed by atoms with Gasteiger partial charge < -0.3 is 9.15 Å². The maximum atomic E-state index is 11.5. The van der Waals surface area contributed by atoms with Crippen LogP contribution >= 0.6 is 0 Å².